The van der Waals surface area contributed by atoms with Gasteiger partial charge in [0.2, 0.25) is 5.91 Å². The van der Waals surface area contributed by atoms with Crippen molar-refractivity contribution < 1.29 is 4.79 Å². The van der Waals surface area contributed by atoms with Crippen LogP contribution in [0.25, 0.3) is 0 Å². The quantitative estimate of drug-likeness (QED) is 0.924. The molecule has 1 aromatic carbocycles. The van der Waals surface area contributed by atoms with E-state index in [1.165, 1.54) is 0 Å². The molecule has 1 saturated heterocycles. The number of nitrogens with zero attached hydrogens (tertiary/aromatic N) is 1. The van der Waals surface area contributed by atoms with Crippen LogP contribution in [-0.2, 0) is 4.79 Å². The Morgan fingerprint density at radius 1 is 1.37 bits per heavy atom. The van der Waals surface area contributed by atoms with Gasteiger partial charge in [-0.3, -0.25) is 9.69 Å². The Kier molecular flexibility index (Phi) is 5.08. The Balaban J connectivity index is 1.87. The fourth-order valence-electron chi connectivity index (χ4n) is 2.20. The van der Waals surface area contributed by atoms with Gasteiger partial charge in [0, 0.05) is 5.02 Å². The molecule has 0 bridgehead atoms. The highest BCUT2D eigenvalue weighted by atomic mass is 35.5. The fourth-order valence-corrected chi connectivity index (χ4v) is 2.66. The normalized spacial score (nSPS) is 17.4. The molecule has 0 spiro atoms. The van der Waals surface area contributed by atoms with Gasteiger partial charge in [0.1, 0.15) is 0 Å². The lowest BCUT2D eigenvalue weighted by Crippen LogP contribution is -2.38. The van der Waals surface area contributed by atoms with Crippen LogP contribution in [0.15, 0.2) is 18.2 Å². The van der Waals surface area contributed by atoms with Gasteiger partial charge in [-0.2, -0.15) is 0 Å². The molecule has 1 aliphatic rings. The maximum atomic E-state index is 12.0. The number of amides is 1. The third-order valence-corrected chi connectivity index (χ3v) is 4.00. The summed E-state index contributed by atoms with van der Waals surface area (Å²) in [4.78, 5) is 14.1. The molecule has 0 unspecified atom stereocenters. The molecular weight excluding hydrogens is 283 g/mol. The summed E-state index contributed by atoms with van der Waals surface area (Å²) in [5.41, 5.74) is 0.612. The van der Waals surface area contributed by atoms with E-state index >= 15 is 0 Å². The molecule has 3 nitrogen and oxygen atoms in total. The molecule has 0 saturated carbocycles. The molecule has 1 aromatic rings. The summed E-state index contributed by atoms with van der Waals surface area (Å²) in [5, 5.41) is 3.85. The monoisotopic (exact) mass is 300 g/mol. The zero-order valence-electron chi connectivity index (χ0n) is 11.0. The number of nitrogens with one attached hydrogen (secondary N) is 1. The van der Waals surface area contributed by atoms with E-state index in [-0.39, 0.29) is 5.91 Å². The molecule has 104 valence electrons. The topological polar surface area (TPSA) is 32.3 Å². The lowest BCUT2D eigenvalue weighted by atomic mass is 9.99. The number of hydrogen-bond donors (Lipinski definition) is 1. The molecule has 0 radical (unpaired) electrons. The molecule has 0 aliphatic carbocycles. The highest BCUT2D eigenvalue weighted by molar-refractivity contribution is 6.36. The Bertz CT molecular complexity index is 457. The molecule has 1 fully saturated rings. The minimum absolute atomic E-state index is 0.0289. The molecule has 0 aromatic heterocycles. The number of rotatable bonds is 3. The van der Waals surface area contributed by atoms with E-state index < -0.39 is 0 Å². The van der Waals surface area contributed by atoms with Crippen molar-refractivity contribution in [2.24, 2.45) is 5.92 Å². The van der Waals surface area contributed by atoms with E-state index in [9.17, 15) is 4.79 Å². The van der Waals surface area contributed by atoms with Crippen LogP contribution in [0.2, 0.25) is 10.0 Å². The van der Waals surface area contributed by atoms with E-state index in [1.54, 1.807) is 18.2 Å². The average molecular weight is 301 g/mol. The Labute approximate surface area is 123 Å². The number of carbonyl (C=O) groups excluding carboxylic acids is 1. The molecule has 1 aliphatic heterocycles. The van der Waals surface area contributed by atoms with E-state index in [0.717, 1.165) is 31.8 Å². The highest BCUT2D eigenvalue weighted by Crippen LogP contribution is 2.25. The second-order valence-corrected chi connectivity index (χ2v) is 5.97. The van der Waals surface area contributed by atoms with E-state index in [4.69, 9.17) is 23.2 Å². The van der Waals surface area contributed by atoms with Crippen LogP contribution >= 0.6 is 23.2 Å². The summed E-state index contributed by atoms with van der Waals surface area (Å²) >= 11 is 11.8. The van der Waals surface area contributed by atoms with Gasteiger partial charge in [-0.25, -0.2) is 0 Å². The van der Waals surface area contributed by atoms with Crippen molar-refractivity contribution in [2.45, 2.75) is 19.8 Å². The van der Waals surface area contributed by atoms with Crippen molar-refractivity contribution in [3.63, 3.8) is 0 Å². The highest BCUT2D eigenvalue weighted by Gasteiger charge is 2.18. The second-order valence-electron chi connectivity index (χ2n) is 5.13. The van der Waals surface area contributed by atoms with Gasteiger partial charge >= 0.3 is 0 Å². The van der Waals surface area contributed by atoms with Crippen LogP contribution in [-0.4, -0.2) is 30.4 Å². The van der Waals surface area contributed by atoms with Gasteiger partial charge in [-0.1, -0.05) is 30.1 Å². The summed E-state index contributed by atoms with van der Waals surface area (Å²) in [6.45, 7) is 4.66. The smallest absolute Gasteiger partial charge is 0.238 e. The number of benzene rings is 1. The van der Waals surface area contributed by atoms with Crippen LogP contribution in [0.5, 0.6) is 0 Å². The molecule has 19 heavy (non-hydrogen) atoms. The first-order chi connectivity index (χ1) is 9.04. The lowest BCUT2D eigenvalue weighted by Gasteiger charge is -2.29. The predicted molar refractivity (Wildman–Crippen MR) is 79.9 cm³/mol. The molecule has 0 atom stereocenters. The molecule has 1 N–H and O–H groups in total. The first kappa shape index (κ1) is 14.6. The fraction of sp³-hybridized carbons (Fsp3) is 0.500. The first-order valence-electron chi connectivity index (χ1n) is 6.52. The summed E-state index contributed by atoms with van der Waals surface area (Å²) in [6.07, 6.45) is 2.32. The number of anilines is 1. The third kappa shape index (κ3) is 4.37. The van der Waals surface area contributed by atoms with E-state index in [2.05, 4.69) is 17.1 Å². The number of carbonyl (C=O) groups is 1. The Hall–Kier alpha value is -0.770. The number of halogens is 2. The Morgan fingerprint density at radius 2 is 2.05 bits per heavy atom. The van der Waals surface area contributed by atoms with Crippen LogP contribution in [0, 0.1) is 5.92 Å². The third-order valence-electron chi connectivity index (χ3n) is 3.45. The van der Waals surface area contributed by atoms with Crippen molar-refractivity contribution in [3.05, 3.63) is 28.2 Å². The van der Waals surface area contributed by atoms with Crippen LogP contribution in [0.4, 0.5) is 5.69 Å². The van der Waals surface area contributed by atoms with Crippen molar-refractivity contribution in [2.75, 3.05) is 25.0 Å². The SMILES string of the molecule is CC1CCN(CC(=O)Nc2ccc(Cl)cc2Cl)CC1. The molecule has 5 heteroatoms. The standard InChI is InChI=1S/C14H18Cl2N2O/c1-10-4-6-18(7-5-10)9-14(19)17-13-3-2-11(15)8-12(13)16/h2-3,8,10H,4-7,9H2,1H3,(H,17,19). The minimum atomic E-state index is -0.0289. The number of hydrogen-bond acceptors (Lipinski definition) is 2. The molecule has 1 heterocycles. The van der Waals surface area contributed by atoms with Gasteiger partial charge in [-0.15, -0.1) is 0 Å². The van der Waals surface area contributed by atoms with Crippen molar-refractivity contribution in [3.8, 4) is 0 Å². The largest absolute Gasteiger partial charge is 0.324 e. The minimum Gasteiger partial charge on any atom is -0.324 e. The summed E-state index contributed by atoms with van der Waals surface area (Å²) < 4.78 is 0. The second kappa shape index (κ2) is 6.60. The number of piperidine rings is 1. The van der Waals surface area contributed by atoms with Gasteiger partial charge in [0.05, 0.1) is 17.3 Å². The maximum Gasteiger partial charge on any atom is 0.238 e. The summed E-state index contributed by atoms with van der Waals surface area (Å²) in [5.74, 6) is 0.740. The molecular formula is C14H18Cl2N2O. The Morgan fingerprint density at radius 3 is 2.68 bits per heavy atom. The lowest BCUT2D eigenvalue weighted by molar-refractivity contribution is -0.117. The molecule has 1 amide bonds. The average Bonchev–Trinajstić information content (AvgIpc) is 2.36. The summed E-state index contributed by atoms with van der Waals surface area (Å²) in [7, 11) is 0. The van der Waals surface area contributed by atoms with Gasteiger partial charge in [-0.05, 0) is 50.0 Å². The van der Waals surface area contributed by atoms with Crippen LogP contribution in [0.3, 0.4) is 0 Å². The maximum absolute atomic E-state index is 12.0. The van der Waals surface area contributed by atoms with Gasteiger partial charge in [0.15, 0.2) is 0 Å². The predicted octanol–water partition coefficient (Wildman–Crippen LogP) is 3.66. The molecule has 2 rings (SSSR count). The van der Waals surface area contributed by atoms with Crippen LogP contribution in [0.1, 0.15) is 19.8 Å². The van der Waals surface area contributed by atoms with Crippen molar-refractivity contribution in [1.82, 2.24) is 4.90 Å². The van der Waals surface area contributed by atoms with E-state index in [0.29, 0.717) is 22.3 Å². The number of likely N-dealkylation sites (tertiary alicyclic amines) is 1. The zero-order valence-corrected chi connectivity index (χ0v) is 12.5. The van der Waals surface area contributed by atoms with Crippen molar-refractivity contribution >= 4 is 34.8 Å². The van der Waals surface area contributed by atoms with Gasteiger partial charge in [0.25, 0.3) is 0 Å². The zero-order chi connectivity index (χ0) is 13.8. The summed E-state index contributed by atoms with van der Waals surface area (Å²) in [6, 6.07) is 5.06. The van der Waals surface area contributed by atoms with Crippen molar-refractivity contribution in [1.29, 1.82) is 0 Å². The van der Waals surface area contributed by atoms with Gasteiger partial charge < -0.3 is 5.32 Å². The van der Waals surface area contributed by atoms with Crippen LogP contribution < -0.4 is 5.32 Å². The first-order valence-corrected chi connectivity index (χ1v) is 7.27. The van der Waals surface area contributed by atoms with E-state index in [1.807, 2.05) is 0 Å².